The summed E-state index contributed by atoms with van der Waals surface area (Å²) in [7, 11) is 5.96. The molecular weight excluding hydrogens is 390 g/mol. The zero-order valence-corrected chi connectivity index (χ0v) is 18.5. The summed E-state index contributed by atoms with van der Waals surface area (Å²) >= 11 is 1.87. The Hall–Kier alpha value is -1.69. The molecule has 0 spiro atoms. The molecule has 1 heterocycles. The molecule has 0 aliphatic carbocycles. The van der Waals surface area contributed by atoms with Crippen LogP contribution in [0.1, 0.15) is 23.7 Å². The van der Waals surface area contributed by atoms with Crippen LogP contribution in [0, 0.1) is 0 Å². The molecule has 6 heteroatoms. The van der Waals surface area contributed by atoms with Crippen molar-refractivity contribution in [1.29, 1.82) is 0 Å². The molecule has 0 aromatic heterocycles. The van der Waals surface area contributed by atoms with Crippen LogP contribution in [0.5, 0.6) is 0 Å². The number of fused-ring (bicyclic) bond motifs is 1. The molecule has 1 aliphatic rings. The van der Waals surface area contributed by atoms with Crippen molar-refractivity contribution < 1.29 is 4.79 Å². The molecule has 1 atom stereocenters. The van der Waals surface area contributed by atoms with Gasteiger partial charge in [0.05, 0.1) is 5.69 Å². The fourth-order valence-corrected chi connectivity index (χ4v) is 4.64. The number of hydrogen-bond acceptors (Lipinski definition) is 3. The van der Waals surface area contributed by atoms with Gasteiger partial charge in [-0.15, -0.1) is 24.2 Å². The lowest BCUT2D eigenvalue weighted by Gasteiger charge is -2.33. The number of rotatable bonds is 4. The van der Waals surface area contributed by atoms with Crippen molar-refractivity contribution in [1.82, 2.24) is 9.80 Å². The summed E-state index contributed by atoms with van der Waals surface area (Å²) in [5, 5.41) is 0.427. The second-order valence-electron chi connectivity index (χ2n) is 7.29. The van der Waals surface area contributed by atoms with Crippen LogP contribution < -0.4 is 4.90 Å². The summed E-state index contributed by atoms with van der Waals surface area (Å²) in [6, 6.07) is 19.1. The molecule has 1 aliphatic heterocycles. The summed E-state index contributed by atoms with van der Waals surface area (Å²) in [6.07, 6.45) is 2.06. The molecule has 1 unspecified atom stereocenters. The fourth-order valence-electron chi connectivity index (χ4n) is 3.30. The van der Waals surface area contributed by atoms with Crippen LogP contribution in [-0.4, -0.2) is 56.6 Å². The number of urea groups is 1. The highest BCUT2D eigenvalue weighted by Crippen LogP contribution is 2.44. The Bertz CT molecular complexity index is 756. The van der Waals surface area contributed by atoms with E-state index >= 15 is 0 Å². The van der Waals surface area contributed by atoms with Crippen LogP contribution in [0.25, 0.3) is 0 Å². The summed E-state index contributed by atoms with van der Waals surface area (Å²) < 4.78 is 0. The van der Waals surface area contributed by atoms with Gasteiger partial charge in [0, 0.05) is 36.8 Å². The molecule has 0 saturated heterocycles. The number of carbonyl (C=O) groups is 1. The number of anilines is 1. The van der Waals surface area contributed by atoms with Gasteiger partial charge in [0.2, 0.25) is 0 Å². The minimum Gasteiger partial charge on any atom is -0.326 e. The molecule has 2 aromatic carbocycles. The molecule has 0 N–H and O–H groups in total. The maximum atomic E-state index is 13.1. The summed E-state index contributed by atoms with van der Waals surface area (Å²) in [6.45, 7) is 2.35. The number of amides is 2. The minimum absolute atomic E-state index is 0. The van der Waals surface area contributed by atoms with E-state index in [4.69, 9.17) is 0 Å². The smallest absolute Gasteiger partial charge is 0.324 e. The molecule has 28 heavy (non-hydrogen) atoms. The van der Waals surface area contributed by atoms with Crippen LogP contribution >= 0.6 is 24.2 Å². The maximum Gasteiger partial charge on any atom is 0.324 e. The topological polar surface area (TPSA) is 26.8 Å². The molecule has 4 nitrogen and oxygen atoms in total. The number of likely N-dealkylation sites (N-methyl/N-ethyl adjacent to an activating group) is 2. The Morgan fingerprint density at radius 3 is 2.43 bits per heavy atom. The summed E-state index contributed by atoms with van der Waals surface area (Å²) in [5.41, 5.74) is 2.39. The second kappa shape index (κ2) is 10.7. The molecular formula is C22H30ClN3OS. The zero-order valence-electron chi connectivity index (χ0n) is 16.9. The molecule has 2 amide bonds. The zero-order chi connectivity index (χ0) is 19.2. The quantitative estimate of drug-likeness (QED) is 0.685. The average Bonchev–Trinajstić information content (AvgIpc) is 2.67. The molecule has 0 fully saturated rings. The second-order valence-corrected chi connectivity index (χ2v) is 8.53. The predicted octanol–water partition coefficient (Wildman–Crippen LogP) is 5.16. The highest BCUT2D eigenvalue weighted by Gasteiger charge is 2.26. The van der Waals surface area contributed by atoms with Gasteiger partial charge in [0.15, 0.2) is 0 Å². The Morgan fingerprint density at radius 2 is 1.71 bits per heavy atom. The average molecular weight is 420 g/mol. The number of carbonyl (C=O) groups excluding carboxylic acids is 1. The van der Waals surface area contributed by atoms with Gasteiger partial charge in [0.1, 0.15) is 0 Å². The normalized spacial score (nSPS) is 16.6. The van der Waals surface area contributed by atoms with E-state index in [9.17, 15) is 4.79 Å². The Balaban J connectivity index is 0.00000280. The van der Waals surface area contributed by atoms with Gasteiger partial charge < -0.3 is 9.80 Å². The van der Waals surface area contributed by atoms with Gasteiger partial charge in [-0.05, 0) is 44.6 Å². The van der Waals surface area contributed by atoms with E-state index in [0.717, 1.165) is 38.2 Å². The highest BCUT2D eigenvalue weighted by molar-refractivity contribution is 7.99. The van der Waals surface area contributed by atoms with Gasteiger partial charge in [0.25, 0.3) is 0 Å². The van der Waals surface area contributed by atoms with Gasteiger partial charge >= 0.3 is 6.03 Å². The van der Waals surface area contributed by atoms with Crippen molar-refractivity contribution in [2.75, 3.05) is 45.7 Å². The Labute approximate surface area is 179 Å². The lowest BCUT2D eigenvalue weighted by molar-refractivity contribution is 0.210. The number of hydrogen-bond donors (Lipinski definition) is 0. The van der Waals surface area contributed by atoms with Crippen LogP contribution in [0.2, 0.25) is 0 Å². The third-order valence-electron chi connectivity index (χ3n) is 4.88. The Morgan fingerprint density at radius 1 is 1.04 bits per heavy atom. The first-order valence-corrected chi connectivity index (χ1v) is 10.4. The third-order valence-corrected chi connectivity index (χ3v) is 6.28. The molecule has 3 rings (SSSR count). The summed E-state index contributed by atoms with van der Waals surface area (Å²) in [4.78, 5) is 20.2. The number of thioether (sulfide) groups is 1. The fraction of sp³-hybridized carbons (Fsp3) is 0.409. The minimum atomic E-state index is 0. The van der Waals surface area contributed by atoms with Gasteiger partial charge in [-0.1, -0.05) is 42.5 Å². The van der Waals surface area contributed by atoms with Gasteiger partial charge in [-0.25, -0.2) is 4.79 Å². The molecule has 0 radical (unpaired) electrons. The largest absolute Gasteiger partial charge is 0.326 e. The van der Waals surface area contributed by atoms with Gasteiger partial charge in [-0.3, -0.25) is 4.90 Å². The Kier molecular flexibility index (Phi) is 8.67. The first-order valence-electron chi connectivity index (χ1n) is 9.54. The standard InChI is InChI=1S/C22H29N3OS.ClH/c1-23(2)16-17-24(3)22(26)25-15-9-14-20(18-10-5-4-6-11-18)27-21-13-8-7-12-19(21)25;/h4-8,10-13,20H,9,14-17H2,1-3H3;1H. The van der Waals surface area contributed by atoms with E-state index in [0.29, 0.717) is 5.25 Å². The van der Waals surface area contributed by atoms with E-state index < -0.39 is 0 Å². The van der Waals surface area contributed by atoms with Crippen LogP contribution in [0.3, 0.4) is 0 Å². The lowest BCUT2D eigenvalue weighted by atomic mass is 10.1. The number of halogens is 1. The van der Waals surface area contributed by atoms with Crippen molar-refractivity contribution in [2.45, 2.75) is 23.0 Å². The van der Waals surface area contributed by atoms with Crippen molar-refractivity contribution >= 4 is 35.9 Å². The molecule has 2 aromatic rings. The van der Waals surface area contributed by atoms with E-state index in [1.807, 2.05) is 48.8 Å². The summed E-state index contributed by atoms with van der Waals surface area (Å²) in [5.74, 6) is 0. The molecule has 152 valence electrons. The van der Waals surface area contributed by atoms with E-state index in [2.05, 4.69) is 53.4 Å². The van der Waals surface area contributed by atoms with Crippen LogP contribution in [0.4, 0.5) is 10.5 Å². The van der Waals surface area contributed by atoms with Crippen LogP contribution in [0.15, 0.2) is 59.5 Å². The first-order chi connectivity index (χ1) is 13.1. The third kappa shape index (κ3) is 5.66. The SMILES string of the molecule is CN(C)CCN(C)C(=O)N1CCCC(c2ccccc2)Sc2ccccc21.Cl. The number of benzene rings is 2. The van der Waals surface area contributed by atoms with E-state index in [1.165, 1.54) is 10.5 Å². The molecule has 0 saturated carbocycles. The first kappa shape index (κ1) is 22.6. The van der Waals surface area contributed by atoms with Crippen molar-refractivity contribution in [3.8, 4) is 0 Å². The van der Waals surface area contributed by atoms with Gasteiger partial charge in [-0.2, -0.15) is 0 Å². The molecule has 0 bridgehead atoms. The van der Waals surface area contributed by atoms with E-state index in [1.54, 1.807) is 0 Å². The van der Waals surface area contributed by atoms with E-state index in [-0.39, 0.29) is 18.4 Å². The van der Waals surface area contributed by atoms with Crippen molar-refractivity contribution in [2.24, 2.45) is 0 Å². The maximum absolute atomic E-state index is 13.1. The lowest BCUT2D eigenvalue weighted by Crippen LogP contribution is -2.44. The number of nitrogens with zero attached hydrogens (tertiary/aromatic N) is 3. The van der Waals surface area contributed by atoms with Crippen LogP contribution in [-0.2, 0) is 0 Å². The monoisotopic (exact) mass is 419 g/mol. The number of para-hydroxylation sites is 1. The predicted molar refractivity (Wildman–Crippen MR) is 122 cm³/mol. The highest BCUT2D eigenvalue weighted by atomic mass is 35.5. The van der Waals surface area contributed by atoms with Crippen molar-refractivity contribution in [3.05, 3.63) is 60.2 Å². The van der Waals surface area contributed by atoms with Crippen molar-refractivity contribution in [3.63, 3.8) is 0 Å².